The molecule has 28 heavy (non-hydrogen) atoms. The van der Waals surface area contributed by atoms with Gasteiger partial charge in [-0.25, -0.2) is 0 Å². The Morgan fingerprint density at radius 1 is 0.714 bits per heavy atom. The van der Waals surface area contributed by atoms with Crippen molar-refractivity contribution in [1.82, 2.24) is 6.15 Å². The molecule has 0 spiro atoms. The van der Waals surface area contributed by atoms with E-state index in [4.69, 9.17) is 4.74 Å². The quantitative estimate of drug-likeness (QED) is 0.261. The van der Waals surface area contributed by atoms with E-state index in [1.807, 2.05) is 0 Å². The number of nitrogens with zero attached hydrogens (tertiary/aromatic N) is 1. The lowest BCUT2D eigenvalue weighted by molar-refractivity contribution is -0.947. The van der Waals surface area contributed by atoms with Crippen LogP contribution in [0.1, 0.15) is 89.5 Å². The lowest BCUT2D eigenvalue weighted by Gasteiger charge is -2.41. The zero-order valence-corrected chi connectivity index (χ0v) is 18.7. The molecule has 1 aliphatic rings. The molecular weight excluding hydrogens is 344 g/mol. The highest BCUT2D eigenvalue weighted by atomic mass is 16.5. The normalized spacial score (nSPS) is 15.9. The Bertz CT molecular complexity index is 457. The molecule has 1 aromatic carbocycles. The van der Waals surface area contributed by atoms with Gasteiger partial charge in [-0.3, -0.25) is 0 Å². The van der Waals surface area contributed by atoms with Crippen molar-refractivity contribution in [2.45, 2.75) is 90.5 Å². The topological polar surface area (TPSA) is 44.2 Å². The number of rotatable bonds is 15. The highest BCUT2D eigenvalue weighted by molar-refractivity contribution is 5.13. The van der Waals surface area contributed by atoms with Crippen molar-refractivity contribution < 1.29 is 9.22 Å². The number of hydrogen-bond donors (Lipinski definition) is 1. The first-order chi connectivity index (χ1) is 13.3. The van der Waals surface area contributed by atoms with Crippen LogP contribution < -0.4 is 6.15 Å². The van der Waals surface area contributed by atoms with Crippen LogP contribution in [0.25, 0.3) is 0 Å². The molecule has 3 heteroatoms. The standard InChI is InChI=1S/C25H44NO.H3N/c1-2-3-4-5-6-7-8-9-10-11-12-16-19-26(20-22-27-23-21-26)24-25-17-14-13-15-18-25;/h13-15,17-18H,2-12,16,19-24H2,1H3;1H3/q+1;. The lowest BCUT2D eigenvalue weighted by atomic mass is 10.0. The molecule has 3 nitrogen and oxygen atoms in total. The Morgan fingerprint density at radius 2 is 1.21 bits per heavy atom. The van der Waals surface area contributed by atoms with Gasteiger partial charge in [0.25, 0.3) is 0 Å². The molecule has 162 valence electrons. The summed E-state index contributed by atoms with van der Waals surface area (Å²) in [5, 5.41) is 0. The summed E-state index contributed by atoms with van der Waals surface area (Å²) in [6, 6.07) is 11.1. The van der Waals surface area contributed by atoms with Gasteiger partial charge in [0.05, 0.1) is 19.8 Å². The van der Waals surface area contributed by atoms with E-state index >= 15 is 0 Å². The smallest absolute Gasteiger partial charge is 0.104 e. The van der Waals surface area contributed by atoms with E-state index in [1.54, 1.807) is 0 Å². The molecule has 0 amide bonds. The summed E-state index contributed by atoms with van der Waals surface area (Å²) in [5.74, 6) is 0. The molecule has 1 saturated heterocycles. The number of benzene rings is 1. The van der Waals surface area contributed by atoms with Crippen LogP contribution in [0.2, 0.25) is 0 Å². The molecule has 0 saturated carbocycles. The molecule has 1 aromatic rings. The van der Waals surface area contributed by atoms with Gasteiger partial charge < -0.3 is 15.4 Å². The van der Waals surface area contributed by atoms with Crippen LogP contribution in [-0.2, 0) is 11.3 Å². The summed E-state index contributed by atoms with van der Waals surface area (Å²) in [6.07, 6.45) is 17.2. The molecule has 2 rings (SSSR count). The molecule has 1 fully saturated rings. The minimum absolute atomic E-state index is 0. The third kappa shape index (κ3) is 10.6. The number of unbranched alkanes of at least 4 members (excludes halogenated alkanes) is 11. The van der Waals surface area contributed by atoms with Crippen LogP contribution >= 0.6 is 0 Å². The van der Waals surface area contributed by atoms with Crippen molar-refractivity contribution in [2.75, 3.05) is 32.8 Å². The largest absolute Gasteiger partial charge is 0.370 e. The second-order valence-corrected chi connectivity index (χ2v) is 8.66. The van der Waals surface area contributed by atoms with Crippen LogP contribution in [0.15, 0.2) is 30.3 Å². The van der Waals surface area contributed by atoms with Crippen LogP contribution in [0.3, 0.4) is 0 Å². The highest BCUT2D eigenvalue weighted by Crippen LogP contribution is 2.20. The fourth-order valence-electron chi connectivity index (χ4n) is 4.45. The van der Waals surface area contributed by atoms with Gasteiger partial charge in [0.15, 0.2) is 0 Å². The van der Waals surface area contributed by atoms with E-state index in [0.29, 0.717) is 0 Å². The van der Waals surface area contributed by atoms with Crippen LogP contribution in [-0.4, -0.2) is 37.3 Å². The average molecular weight is 392 g/mol. The summed E-state index contributed by atoms with van der Waals surface area (Å²) >= 11 is 0. The van der Waals surface area contributed by atoms with Crippen molar-refractivity contribution in [1.29, 1.82) is 0 Å². The summed E-state index contributed by atoms with van der Waals surface area (Å²) in [5.41, 5.74) is 1.48. The first-order valence-electron chi connectivity index (χ1n) is 11.8. The number of morpholine rings is 1. The molecule has 0 aliphatic carbocycles. The Labute approximate surface area is 175 Å². The van der Waals surface area contributed by atoms with Gasteiger partial charge in [0, 0.05) is 5.56 Å². The van der Waals surface area contributed by atoms with E-state index in [1.165, 1.54) is 113 Å². The second-order valence-electron chi connectivity index (χ2n) is 8.66. The van der Waals surface area contributed by atoms with Crippen molar-refractivity contribution in [3.05, 3.63) is 35.9 Å². The number of quaternary nitrogens is 1. The monoisotopic (exact) mass is 391 g/mol. The Hall–Kier alpha value is -0.900. The van der Waals surface area contributed by atoms with Crippen LogP contribution in [0, 0.1) is 0 Å². The zero-order valence-electron chi connectivity index (χ0n) is 18.7. The molecule has 0 aromatic heterocycles. The molecule has 0 unspecified atom stereocenters. The van der Waals surface area contributed by atoms with Crippen molar-refractivity contribution in [3.63, 3.8) is 0 Å². The predicted molar refractivity (Wildman–Crippen MR) is 122 cm³/mol. The van der Waals surface area contributed by atoms with E-state index in [2.05, 4.69) is 37.3 Å². The van der Waals surface area contributed by atoms with E-state index < -0.39 is 0 Å². The lowest BCUT2D eigenvalue weighted by Crippen LogP contribution is -2.54. The number of hydrogen-bond acceptors (Lipinski definition) is 2. The SMILES string of the molecule is CCCCCCCCCCCCCC[N+]1(Cc2ccccc2)CCOCC1.N. The Balaban J connectivity index is 0.00000392. The van der Waals surface area contributed by atoms with Gasteiger partial charge in [-0.05, 0) is 12.8 Å². The zero-order chi connectivity index (χ0) is 19.0. The van der Waals surface area contributed by atoms with E-state index in [-0.39, 0.29) is 6.15 Å². The second kappa shape index (κ2) is 16.0. The molecule has 3 N–H and O–H groups in total. The minimum atomic E-state index is 0. The molecule has 1 heterocycles. The van der Waals surface area contributed by atoms with Crippen LogP contribution in [0.5, 0.6) is 0 Å². The fraction of sp³-hybridized carbons (Fsp3) is 0.760. The van der Waals surface area contributed by atoms with E-state index in [0.717, 1.165) is 13.2 Å². The first kappa shape index (κ1) is 25.1. The van der Waals surface area contributed by atoms with E-state index in [9.17, 15) is 0 Å². The third-order valence-corrected chi connectivity index (χ3v) is 6.27. The van der Waals surface area contributed by atoms with Gasteiger partial charge in [-0.1, -0.05) is 101 Å². The Morgan fingerprint density at radius 3 is 1.75 bits per heavy atom. The van der Waals surface area contributed by atoms with Gasteiger partial charge in [0.1, 0.15) is 19.6 Å². The summed E-state index contributed by atoms with van der Waals surface area (Å²) in [7, 11) is 0. The summed E-state index contributed by atoms with van der Waals surface area (Å²) in [4.78, 5) is 0. The summed E-state index contributed by atoms with van der Waals surface area (Å²) in [6.45, 7) is 9.05. The maximum atomic E-state index is 5.66. The molecule has 0 atom stereocenters. The maximum Gasteiger partial charge on any atom is 0.104 e. The molecule has 1 aliphatic heterocycles. The highest BCUT2D eigenvalue weighted by Gasteiger charge is 2.29. The fourth-order valence-corrected chi connectivity index (χ4v) is 4.45. The molecule has 0 radical (unpaired) electrons. The van der Waals surface area contributed by atoms with Gasteiger partial charge >= 0.3 is 0 Å². The molecular formula is C25H47N2O+. The number of ether oxygens (including phenoxy) is 1. The van der Waals surface area contributed by atoms with Crippen molar-refractivity contribution in [2.24, 2.45) is 0 Å². The van der Waals surface area contributed by atoms with Gasteiger partial charge in [-0.2, -0.15) is 0 Å². The van der Waals surface area contributed by atoms with Gasteiger partial charge in [-0.15, -0.1) is 0 Å². The first-order valence-corrected chi connectivity index (χ1v) is 11.8. The third-order valence-electron chi connectivity index (χ3n) is 6.27. The molecule has 0 bridgehead atoms. The van der Waals surface area contributed by atoms with Crippen molar-refractivity contribution >= 4 is 0 Å². The van der Waals surface area contributed by atoms with Crippen molar-refractivity contribution in [3.8, 4) is 0 Å². The van der Waals surface area contributed by atoms with Crippen LogP contribution in [0.4, 0.5) is 0 Å². The predicted octanol–water partition coefficient (Wildman–Crippen LogP) is 6.90. The summed E-state index contributed by atoms with van der Waals surface area (Å²) < 4.78 is 6.90. The Kier molecular flexibility index (Phi) is 14.3. The maximum absolute atomic E-state index is 5.66. The average Bonchev–Trinajstić information content (AvgIpc) is 2.70. The van der Waals surface area contributed by atoms with Gasteiger partial charge in [0.2, 0.25) is 0 Å². The minimum Gasteiger partial charge on any atom is -0.370 e.